The number of alkyl halides is 3. The monoisotopic (exact) mass is 658 g/mol. The highest BCUT2D eigenvalue weighted by Crippen LogP contribution is 2.35. The molecule has 1 aliphatic carbocycles. The van der Waals surface area contributed by atoms with E-state index in [-0.39, 0.29) is 66.7 Å². The van der Waals surface area contributed by atoms with E-state index in [4.69, 9.17) is 9.47 Å². The fraction of sp³-hybridized carbons (Fsp3) is 0.400. The lowest BCUT2D eigenvalue weighted by Gasteiger charge is -2.28. The molecule has 1 atom stereocenters. The molecule has 0 unspecified atom stereocenters. The van der Waals surface area contributed by atoms with Gasteiger partial charge in [-0.05, 0) is 67.0 Å². The lowest BCUT2D eigenvalue weighted by Crippen LogP contribution is -2.27. The molecule has 0 amide bonds. The average molecular weight is 659 g/mol. The Morgan fingerprint density at radius 3 is 1.91 bits per heavy atom. The first-order valence-corrected chi connectivity index (χ1v) is 16.9. The number of carbonyl (C=O) groups excluding carboxylic acids is 3. The molecule has 3 aromatic carbocycles. The highest BCUT2D eigenvalue weighted by molar-refractivity contribution is 7.91. The number of carbonyl (C=O) groups is 3. The third-order valence-electron chi connectivity index (χ3n) is 8.24. The van der Waals surface area contributed by atoms with Crippen LogP contribution in [0.2, 0.25) is 0 Å². The number of ether oxygens (including phenoxy) is 2. The van der Waals surface area contributed by atoms with Crippen molar-refractivity contribution in [2.75, 3.05) is 12.4 Å². The number of hydrogen-bond acceptors (Lipinski definition) is 7. The van der Waals surface area contributed by atoms with Gasteiger partial charge in [0.15, 0.2) is 9.84 Å². The molecule has 0 N–H and O–H groups in total. The van der Waals surface area contributed by atoms with Crippen LogP contribution in [0, 0.1) is 11.8 Å². The van der Waals surface area contributed by atoms with Crippen LogP contribution in [0.1, 0.15) is 67.6 Å². The minimum atomic E-state index is -4.55. The number of sulfone groups is 1. The van der Waals surface area contributed by atoms with Crippen molar-refractivity contribution >= 4 is 27.6 Å². The Morgan fingerprint density at radius 1 is 0.761 bits per heavy atom. The fourth-order valence-electron chi connectivity index (χ4n) is 5.60. The van der Waals surface area contributed by atoms with Gasteiger partial charge in [-0.25, -0.2) is 8.42 Å². The van der Waals surface area contributed by atoms with Crippen LogP contribution in [-0.4, -0.2) is 38.5 Å². The molecule has 0 aliphatic heterocycles. The zero-order valence-electron chi connectivity index (χ0n) is 25.3. The SMILES string of the molecule is O=C(CCC(=O)OC[C@@H](CC(=O)C1CCC(CS(=O)(=O)c2ccc(C(F)(F)F)cc2)CC1)c1ccccc1)OCc1ccccc1. The van der Waals surface area contributed by atoms with E-state index in [9.17, 15) is 36.0 Å². The van der Waals surface area contributed by atoms with E-state index in [1.165, 1.54) is 0 Å². The van der Waals surface area contributed by atoms with E-state index in [2.05, 4.69) is 0 Å². The van der Waals surface area contributed by atoms with Crippen molar-refractivity contribution < 1.29 is 45.4 Å². The number of hydrogen-bond donors (Lipinski definition) is 0. The standard InChI is InChI=1S/C35H37F3O7S/c36-35(37,38)30-15-17-31(18-16-30)46(42,43)24-26-11-13-28(14-12-26)32(39)21-29(27-9-5-2-6-10-27)23-45-34(41)20-19-33(40)44-22-25-7-3-1-4-8-25/h1-10,15-18,26,28-29H,11-14,19-24H2/t26?,28?,29-/m1/s1. The Hall–Kier alpha value is -3.99. The van der Waals surface area contributed by atoms with Crippen LogP contribution < -0.4 is 0 Å². The first kappa shape index (κ1) is 34.9. The van der Waals surface area contributed by atoms with E-state index in [0.717, 1.165) is 35.4 Å². The summed E-state index contributed by atoms with van der Waals surface area (Å²) in [7, 11) is -3.79. The van der Waals surface area contributed by atoms with Gasteiger partial charge in [0.05, 0.1) is 35.7 Å². The van der Waals surface area contributed by atoms with Gasteiger partial charge in [-0.2, -0.15) is 13.2 Å². The zero-order chi connectivity index (χ0) is 33.2. The van der Waals surface area contributed by atoms with E-state index < -0.39 is 33.5 Å². The quantitative estimate of drug-likeness (QED) is 0.170. The number of rotatable bonds is 14. The second kappa shape index (κ2) is 16.0. The molecular formula is C35H37F3O7S. The molecule has 46 heavy (non-hydrogen) atoms. The molecule has 7 nitrogen and oxygen atoms in total. The predicted molar refractivity (Wildman–Crippen MR) is 164 cm³/mol. The van der Waals surface area contributed by atoms with Crippen molar-refractivity contribution in [1.82, 2.24) is 0 Å². The van der Waals surface area contributed by atoms with Crippen molar-refractivity contribution in [2.24, 2.45) is 11.8 Å². The van der Waals surface area contributed by atoms with E-state index in [1.807, 2.05) is 60.7 Å². The first-order valence-electron chi connectivity index (χ1n) is 15.2. The average Bonchev–Trinajstić information content (AvgIpc) is 3.05. The minimum absolute atomic E-state index is 0.00145. The van der Waals surface area contributed by atoms with Crippen LogP contribution in [0.3, 0.4) is 0 Å². The highest BCUT2D eigenvalue weighted by Gasteiger charge is 2.33. The molecule has 0 aromatic heterocycles. The van der Waals surface area contributed by atoms with E-state index >= 15 is 0 Å². The molecule has 1 fully saturated rings. The second-order valence-corrected chi connectivity index (χ2v) is 13.7. The van der Waals surface area contributed by atoms with Crippen molar-refractivity contribution in [1.29, 1.82) is 0 Å². The van der Waals surface area contributed by atoms with Crippen LogP contribution >= 0.6 is 0 Å². The topological polar surface area (TPSA) is 104 Å². The van der Waals surface area contributed by atoms with Crippen LogP contribution in [0.25, 0.3) is 0 Å². The molecule has 1 aliphatic rings. The molecule has 11 heteroatoms. The minimum Gasteiger partial charge on any atom is -0.465 e. The summed E-state index contributed by atoms with van der Waals surface area (Å²) in [5.74, 6) is -2.15. The summed E-state index contributed by atoms with van der Waals surface area (Å²) in [4.78, 5) is 37.7. The highest BCUT2D eigenvalue weighted by atomic mass is 32.2. The lowest BCUT2D eigenvalue weighted by atomic mass is 9.78. The molecule has 246 valence electrons. The third kappa shape index (κ3) is 10.5. The van der Waals surface area contributed by atoms with Crippen molar-refractivity contribution in [3.8, 4) is 0 Å². The normalized spacial score (nSPS) is 17.5. The Balaban J connectivity index is 1.25. The summed E-state index contributed by atoms with van der Waals surface area (Å²) in [6.07, 6.45) is -2.69. The van der Waals surface area contributed by atoms with Gasteiger partial charge < -0.3 is 9.47 Å². The Morgan fingerprint density at radius 2 is 1.33 bits per heavy atom. The third-order valence-corrected chi connectivity index (χ3v) is 10.1. The van der Waals surface area contributed by atoms with Crippen molar-refractivity contribution in [3.05, 3.63) is 102 Å². The van der Waals surface area contributed by atoms with Crippen LogP contribution in [0.5, 0.6) is 0 Å². The van der Waals surface area contributed by atoms with Gasteiger partial charge in [0.1, 0.15) is 12.4 Å². The molecule has 0 spiro atoms. The molecule has 1 saturated carbocycles. The van der Waals surface area contributed by atoms with Gasteiger partial charge in [0.25, 0.3) is 0 Å². The van der Waals surface area contributed by atoms with Crippen LogP contribution in [0.15, 0.2) is 89.8 Å². The number of Topliss-reactive ketones (excluding diaryl/α,β-unsaturated/α-hetero) is 1. The van der Waals surface area contributed by atoms with Crippen molar-refractivity contribution in [2.45, 2.75) is 68.5 Å². The molecule has 0 saturated heterocycles. The Labute approximate surface area is 267 Å². The van der Waals surface area contributed by atoms with Crippen LogP contribution in [0.4, 0.5) is 13.2 Å². The van der Waals surface area contributed by atoms with E-state index in [1.54, 1.807) is 0 Å². The largest absolute Gasteiger partial charge is 0.465 e. The summed E-state index contributed by atoms with van der Waals surface area (Å²) in [6.45, 7) is 0.0815. The fourth-order valence-corrected chi connectivity index (χ4v) is 7.29. The van der Waals surface area contributed by atoms with Gasteiger partial charge in [0.2, 0.25) is 0 Å². The maximum Gasteiger partial charge on any atom is 0.416 e. The molecular weight excluding hydrogens is 621 g/mol. The summed E-state index contributed by atoms with van der Waals surface area (Å²) in [6, 6.07) is 21.9. The first-order chi connectivity index (χ1) is 21.9. The summed E-state index contributed by atoms with van der Waals surface area (Å²) in [5, 5.41) is 0. The van der Waals surface area contributed by atoms with Crippen LogP contribution in [-0.2, 0) is 46.5 Å². The molecule has 0 radical (unpaired) electrons. The van der Waals surface area contributed by atoms with Crippen molar-refractivity contribution in [3.63, 3.8) is 0 Å². The Bertz CT molecular complexity index is 1550. The van der Waals surface area contributed by atoms with Gasteiger partial charge >= 0.3 is 18.1 Å². The molecule has 3 aromatic rings. The Kier molecular flexibility index (Phi) is 12.1. The van der Waals surface area contributed by atoms with Gasteiger partial charge in [-0.15, -0.1) is 0 Å². The van der Waals surface area contributed by atoms with E-state index in [0.29, 0.717) is 25.7 Å². The second-order valence-electron chi connectivity index (χ2n) is 11.6. The smallest absolute Gasteiger partial charge is 0.416 e. The van der Waals surface area contributed by atoms with Gasteiger partial charge in [-0.3, -0.25) is 14.4 Å². The summed E-state index contributed by atoms with van der Waals surface area (Å²) in [5.41, 5.74) is 0.765. The summed E-state index contributed by atoms with van der Waals surface area (Å²) >= 11 is 0. The number of ketones is 1. The maximum atomic E-state index is 13.3. The zero-order valence-corrected chi connectivity index (χ0v) is 26.1. The lowest BCUT2D eigenvalue weighted by molar-refractivity contribution is -0.151. The molecule has 0 heterocycles. The number of esters is 2. The van der Waals surface area contributed by atoms with Gasteiger partial charge in [0, 0.05) is 18.3 Å². The van der Waals surface area contributed by atoms with Gasteiger partial charge in [-0.1, -0.05) is 60.7 Å². The predicted octanol–water partition coefficient (Wildman–Crippen LogP) is 7.10. The number of benzene rings is 3. The summed E-state index contributed by atoms with van der Waals surface area (Å²) < 4.78 is 75.0. The maximum absolute atomic E-state index is 13.3. The molecule has 0 bridgehead atoms. The molecule has 4 rings (SSSR count). The number of halogens is 3.